The van der Waals surface area contributed by atoms with E-state index in [1.165, 1.54) is 60.6 Å². The lowest BCUT2D eigenvalue weighted by Gasteiger charge is -2.27. The zero-order valence-electron chi connectivity index (χ0n) is 22.8. The SMILES string of the molecule is C=CC[C@@H](CC[C@@]1(C)C[C@@H]1[C@H]1C[C@@H]1CCC[P+](c1ccccc1)(c1ccccc1)c1ccccc1)OC. The zero-order valence-corrected chi connectivity index (χ0v) is 23.7. The minimum Gasteiger partial charge on any atom is -0.381 e. The first-order valence-corrected chi connectivity index (χ1v) is 16.3. The van der Waals surface area contributed by atoms with Crippen LogP contribution in [-0.2, 0) is 4.74 Å². The summed E-state index contributed by atoms with van der Waals surface area (Å²) in [5.74, 6) is 2.83. The van der Waals surface area contributed by atoms with Gasteiger partial charge in [0, 0.05) is 7.11 Å². The monoisotopic (exact) mass is 511 g/mol. The molecular weight excluding hydrogens is 467 g/mol. The molecule has 0 N–H and O–H groups in total. The molecule has 5 atom stereocenters. The fourth-order valence-corrected chi connectivity index (χ4v) is 11.3. The van der Waals surface area contributed by atoms with Crippen LogP contribution in [0.4, 0.5) is 0 Å². The van der Waals surface area contributed by atoms with E-state index in [9.17, 15) is 0 Å². The maximum atomic E-state index is 5.67. The van der Waals surface area contributed by atoms with E-state index >= 15 is 0 Å². The van der Waals surface area contributed by atoms with Crippen LogP contribution >= 0.6 is 7.26 Å². The van der Waals surface area contributed by atoms with Gasteiger partial charge in [0.1, 0.15) is 23.2 Å². The van der Waals surface area contributed by atoms with Gasteiger partial charge in [0.25, 0.3) is 0 Å². The van der Waals surface area contributed by atoms with Crippen LogP contribution in [0.2, 0.25) is 0 Å². The molecule has 2 fully saturated rings. The Morgan fingerprint density at radius 1 is 0.919 bits per heavy atom. The molecule has 0 aromatic heterocycles. The van der Waals surface area contributed by atoms with Gasteiger partial charge >= 0.3 is 0 Å². The van der Waals surface area contributed by atoms with Gasteiger partial charge in [0.2, 0.25) is 0 Å². The van der Waals surface area contributed by atoms with E-state index in [1.807, 2.05) is 13.2 Å². The lowest BCUT2D eigenvalue weighted by atomic mass is 9.94. The predicted molar refractivity (Wildman–Crippen MR) is 162 cm³/mol. The molecule has 0 unspecified atom stereocenters. The van der Waals surface area contributed by atoms with E-state index in [4.69, 9.17) is 4.74 Å². The quantitative estimate of drug-likeness (QED) is 0.159. The summed E-state index contributed by atoms with van der Waals surface area (Å²) in [6, 6.07) is 34.1. The van der Waals surface area contributed by atoms with Crippen molar-refractivity contribution in [2.24, 2.45) is 23.2 Å². The van der Waals surface area contributed by atoms with Gasteiger partial charge in [0.05, 0.1) is 12.3 Å². The van der Waals surface area contributed by atoms with Crippen LogP contribution in [0.5, 0.6) is 0 Å². The Labute approximate surface area is 225 Å². The standard InChI is InChI=1S/C35H44OP/c1-4-15-29(36-3)23-24-35(2)27-34(35)33-26-28(33)16-14-25-37(30-17-8-5-9-18-30,31-19-10-6-11-20-31)32-21-12-7-13-22-32/h4-13,17-22,28-29,33-34H,1,14-16,23-27H2,2-3H3/q+1/t28-,29-,33-,34+,35-/m0/s1. The second kappa shape index (κ2) is 11.7. The molecule has 5 rings (SSSR count). The van der Waals surface area contributed by atoms with Gasteiger partial charge in [-0.05, 0) is 105 Å². The van der Waals surface area contributed by atoms with E-state index < -0.39 is 7.26 Å². The van der Waals surface area contributed by atoms with Gasteiger partial charge in [-0.1, -0.05) is 67.6 Å². The van der Waals surface area contributed by atoms with Crippen molar-refractivity contribution in [3.63, 3.8) is 0 Å². The molecule has 194 valence electrons. The van der Waals surface area contributed by atoms with Crippen LogP contribution < -0.4 is 15.9 Å². The third kappa shape index (κ3) is 5.79. The van der Waals surface area contributed by atoms with Gasteiger partial charge in [-0.2, -0.15) is 0 Å². The molecule has 0 aliphatic heterocycles. The Bertz CT molecular complexity index is 1030. The van der Waals surface area contributed by atoms with Gasteiger partial charge in [-0.15, -0.1) is 6.58 Å². The fourth-order valence-electron chi connectivity index (χ4n) is 6.98. The minimum atomic E-state index is -1.69. The number of ether oxygens (including phenoxy) is 1. The number of rotatable bonds is 14. The first kappa shape index (κ1) is 26.4. The van der Waals surface area contributed by atoms with Crippen molar-refractivity contribution in [3.8, 4) is 0 Å². The smallest absolute Gasteiger partial charge is 0.112 e. The maximum Gasteiger partial charge on any atom is 0.112 e. The number of benzene rings is 3. The molecule has 3 aromatic rings. The first-order chi connectivity index (χ1) is 18.1. The summed E-state index contributed by atoms with van der Waals surface area (Å²) in [6.07, 6.45) is 12.6. The number of hydrogen-bond donors (Lipinski definition) is 0. The maximum absolute atomic E-state index is 5.67. The van der Waals surface area contributed by atoms with Gasteiger partial charge < -0.3 is 4.74 Å². The normalized spacial score (nSPS) is 25.4. The van der Waals surface area contributed by atoms with E-state index in [2.05, 4.69) is 104 Å². The highest BCUT2D eigenvalue weighted by Crippen LogP contribution is 2.68. The Morgan fingerprint density at radius 3 is 1.95 bits per heavy atom. The van der Waals surface area contributed by atoms with Crippen molar-refractivity contribution in [1.82, 2.24) is 0 Å². The number of methoxy groups -OCH3 is 1. The Hall–Kier alpha value is -2.21. The summed E-state index contributed by atoms with van der Waals surface area (Å²) in [5.41, 5.74) is 0.548. The van der Waals surface area contributed by atoms with E-state index in [0.29, 0.717) is 11.5 Å². The van der Waals surface area contributed by atoms with Gasteiger partial charge in [0.15, 0.2) is 0 Å². The average Bonchev–Trinajstić information content (AvgIpc) is 3.86. The lowest BCUT2D eigenvalue weighted by Crippen LogP contribution is -2.33. The highest BCUT2D eigenvalue weighted by molar-refractivity contribution is 7.95. The Morgan fingerprint density at radius 2 is 1.46 bits per heavy atom. The van der Waals surface area contributed by atoms with Gasteiger partial charge in [-0.3, -0.25) is 0 Å². The van der Waals surface area contributed by atoms with Crippen LogP contribution in [0, 0.1) is 23.2 Å². The van der Waals surface area contributed by atoms with E-state index in [-0.39, 0.29) is 0 Å². The molecule has 0 spiro atoms. The van der Waals surface area contributed by atoms with Crippen LogP contribution in [-0.4, -0.2) is 19.4 Å². The molecule has 2 aliphatic carbocycles. The third-order valence-electron chi connectivity index (χ3n) is 9.38. The topological polar surface area (TPSA) is 9.23 Å². The molecule has 1 nitrogen and oxygen atoms in total. The second-order valence-corrected chi connectivity index (χ2v) is 15.3. The largest absolute Gasteiger partial charge is 0.381 e. The molecule has 0 radical (unpaired) electrons. The molecule has 0 saturated heterocycles. The summed E-state index contributed by atoms with van der Waals surface area (Å²) in [7, 11) is 0.159. The van der Waals surface area contributed by atoms with Crippen molar-refractivity contribution in [3.05, 3.63) is 104 Å². The molecule has 2 saturated carbocycles. The zero-order chi connectivity index (χ0) is 25.7. The van der Waals surface area contributed by atoms with Crippen LogP contribution in [0.1, 0.15) is 51.9 Å². The van der Waals surface area contributed by atoms with Crippen LogP contribution in [0.15, 0.2) is 104 Å². The molecule has 0 heterocycles. The molecule has 0 amide bonds. The summed E-state index contributed by atoms with van der Waals surface area (Å²) in [5, 5.41) is 4.55. The van der Waals surface area contributed by atoms with Crippen molar-refractivity contribution in [1.29, 1.82) is 0 Å². The minimum absolute atomic E-state index is 0.344. The van der Waals surface area contributed by atoms with Crippen molar-refractivity contribution in [2.45, 2.75) is 58.0 Å². The van der Waals surface area contributed by atoms with E-state index in [0.717, 1.165) is 24.2 Å². The highest BCUT2D eigenvalue weighted by Gasteiger charge is 2.59. The van der Waals surface area contributed by atoms with Gasteiger partial charge in [-0.25, -0.2) is 0 Å². The molecular formula is C35H44OP+. The molecule has 2 heteroatoms. The summed E-state index contributed by atoms with van der Waals surface area (Å²) in [4.78, 5) is 0. The lowest BCUT2D eigenvalue weighted by molar-refractivity contribution is 0.0898. The van der Waals surface area contributed by atoms with Crippen molar-refractivity contribution >= 4 is 23.2 Å². The fraction of sp³-hybridized carbons (Fsp3) is 0.429. The predicted octanol–water partition coefficient (Wildman–Crippen LogP) is 7.79. The van der Waals surface area contributed by atoms with E-state index in [1.54, 1.807) is 0 Å². The van der Waals surface area contributed by atoms with Crippen molar-refractivity contribution in [2.75, 3.05) is 13.3 Å². The van der Waals surface area contributed by atoms with Crippen LogP contribution in [0.3, 0.4) is 0 Å². The molecule has 3 aromatic carbocycles. The first-order valence-electron chi connectivity index (χ1n) is 14.3. The molecule has 0 bridgehead atoms. The average molecular weight is 512 g/mol. The Kier molecular flexibility index (Phi) is 8.33. The summed E-state index contributed by atoms with van der Waals surface area (Å²) in [6.45, 7) is 6.43. The van der Waals surface area contributed by atoms with Crippen molar-refractivity contribution < 1.29 is 4.74 Å². The number of hydrogen-bond acceptors (Lipinski definition) is 1. The summed E-state index contributed by atoms with van der Waals surface area (Å²) >= 11 is 0. The second-order valence-electron chi connectivity index (χ2n) is 11.7. The highest BCUT2D eigenvalue weighted by atomic mass is 31.2. The van der Waals surface area contributed by atoms with Crippen LogP contribution in [0.25, 0.3) is 0 Å². The molecule has 2 aliphatic rings. The molecule has 37 heavy (non-hydrogen) atoms. The third-order valence-corrected chi connectivity index (χ3v) is 13.9. The summed E-state index contributed by atoms with van der Waals surface area (Å²) < 4.78 is 5.67. The Balaban J connectivity index is 1.26.